The third-order valence-electron chi connectivity index (χ3n) is 3.81. The maximum absolute atomic E-state index is 6.15. The third-order valence-corrected chi connectivity index (χ3v) is 3.81. The van der Waals surface area contributed by atoms with E-state index in [2.05, 4.69) is 68.1 Å². The van der Waals surface area contributed by atoms with Crippen LogP contribution in [0.1, 0.15) is 62.3 Å². The minimum absolute atomic E-state index is 0.171. The standard InChI is InChI=1S/C18H26N2/c1-4-5-18(19)17-10-11-20(13-17)12-15-6-8-16(9-7-15)14(2)3/h6-11,13-14,18H,4-5,12,19H2,1-3H3. The molecule has 1 atom stereocenters. The number of nitrogens with zero attached hydrogens (tertiary/aromatic N) is 1. The molecule has 0 aliphatic carbocycles. The van der Waals surface area contributed by atoms with E-state index in [1.165, 1.54) is 16.7 Å². The van der Waals surface area contributed by atoms with Crippen LogP contribution in [0.3, 0.4) is 0 Å². The minimum Gasteiger partial charge on any atom is -0.350 e. The summed E-state index contributed by atoms with van der Waals surface area (Å²) < 4.78 is 2.22. The van der Waals surface area contributed by atoms with Crippen LogP contribution in [0, 0.1) is 0 Å². The lowest BCUT2D eigenvalue weighted by Gasteiger charge is -2.09. The minimum atomic E-state index is 0.171. The molecule has 1 unspecified atom stereocenters. The van der Waals surface area contributed by atoms with Crippen LogP contribution in [-0.2, 0) is 6.54 Å². The Morgan fingerprint density at radius 2 is 1.75 bits per heavy atom. The van der Waals surface area contributed by atoms with Gasteiger partial charge in [0.25, 0.3) is 0 Å². The highest BCUT2D eigenvalue weighted by Gasteiger charge is 2.06. The van der Waals surface area contributed by atoms with Crippen LogP contribution in [0.4, 0.5) is 0 Å². The van der Waals surface area contributed by atoms with Gasteiger partial charge in [-0.2, -0.15) is 0 Å². The zero-order chi connectivity index (χ0) is 14.5. The number of hydrogen-bond donors (Lipinski definition) is 1. The number of aromatic nitrogens is 1. The highest BCUT2D eigenvalue weighted by atomic mass is 14.9. The van der Waals surface area contributed by atoms with Crippen LogP contribution in [0.25, 0.3) is 0 Å². The van der Waals surface area contributed by atoms with E-state index in [1.54, 1.807) is 0 Å². The van der Waals surface area contributed by atoms with E-state index in [4.69, 9.17) is 5.73 Å². The maximum Gasteiger partial charge on any atom is 0.0470 e. The van der Waals surface area contributed by atoms with E-state index in [0.29, 0.717) is 5.92 Å². The fourth-order valence-electron chi connectivity index (χ4n) is 2.47. The van der Waals surface area contributed by atoms with Crippen molar-refractivity contribution in [3.8, 4) is 0 Å². The largest absolute Gasteiger partial charge is 0.350 e. The summed E-state index contributed by atoms with van der Waals surface area (Å²) in [6.07, 6.45) is 6.48. The SMILES string of the molecule is CCCC(N)c1ccn(Cc2ccc(C(C)C)cc2)c1. The Morgan fingerprint density at radius 3 is 2.35 bits per heavy atom. The van der Waals surface area contributed by atoms with Gasteiger partial charge in [-0.1, -0.05) is 51.5 Å². The molecule has 2 heteroatoms. The van der Waals surface area contributed by atoms with E-state index in [1.807, 2.05) is 0 Å². The Labute approximate surface area is 122 Å². The summed E-state index contributed by atoms with van der Waals surface area (Å²) in [4.78, 5) is 0. The van der Waals surface area contributed by atoms with E-state index in [0.717, 1.165) is 19.4 Å². The Kier molecular flexibility index (Phi) is 5.02. The summed E-state index contributed by atoms with van der Waals surface area (Å²) in [7, 11) is 0. The number of benzene rings is 1. The molecule has 2 aromatic rings. The predicted octanol–water partition coefficient (Wildman–Crippen LogP) is 4.46. The Bertz CT molecular complexity index is 523. The van der Waals surface area contributed by atoms with Gasteiger partial charge in [-0.05, 0) is 35.1 Å². The first-order chi connectivity index (χ1) is 9.60. The molecule has 2 N–H and O–H groups in total. The number of hydrogen-bond acceptors (Lipinski definition) is 1. The molecule has 0 radical (unpaired) electrons. The van der Waals surface area contributed by atoms with Crippen molar-refractivity contribution in [2.75, 3.05) is 0 Å². The molecule has 0 saturated heterocycles. The van der Waals surface area contributed by atoms with E-state index in [9.17, 15) is 0 Å². The van der Waals surface area contributed by atoms with Gasteiger partial charge in [-0.25, -0.2) is 0 Å². The first-order valence-electron chi connectivity index (χ1n) is 7.60. The lowest BCUT2D eigenvalue weighted by atomic mass is 10.0. The van der Waals surface area contributed by atoms with Gasteiger partial charge in [-0.3, -0.25) is 0 Å². The molecular formula is C18H26N2. The first-order valence-corrected chi connectivity index (χ1v) is 7.60. The van der Waals surface area contributed by atoms with Gasteiger partial charge in [-0.15, -0.1) is 0 Å². The summed E-state index contributed by atoms with van der Waals surface area (Å²) in [5.41, 5.74) is 10.1. The molecule has 108 valence electrons. The summed E-state index contributed by atoms with van der Waals surface area (Å²) in [5.74, 6) is 0.592. The van der Waals surface area contributed by atoms with Crippen molar-refractivity contribution in [2.45, 2.75) is 52.1 Å². The first kappa shape index (κ1) is 14.9. The molecule has 0 bridgehead atoms. The summed E-state index contributed by atoms with van der Waals surface area (Å²) in [6.45, 7) is 7.54. The molecule has 1 heterocycles. The van der Waals surface area contributed by atoms with Crippen LogP contribution >= 0.6 is 0 Å². The molecule has 0 saturated carbocycles. The molecule has 1 aromatic heterocycles. The number of rotatable bonds is 6. The Balaban J connectivity index is 2.03. The van der Waals surface area contributed by atoms with Gasteiger partial charge in [0.05, 0.1) is 0 Å². The molecule has 2 nitrogen and oxygen atoms in total. The van der Waals surface area contributed by atoms with Gasteiger partial charge in [0.1, 0.15) is 0 Å². The van der Waals surface area contributed by atoms with Crippen LogP contribution in [0.15, 0.2) is 42.7 Å². The van der Waals surface area contributed by atoms with E-state index < -0.39 is 0 Å². The van der Waals surface area contributed by atoms with Crippen LogP contribution in [0.5, 0.6) is 0 Å². The second-order valence-corrected chi connectivity index (χ2v) is 5.91. The van der Waals surface area contributed by atoms with Crippen molar-refractivity contribution in [3.63, 3.8) is 0 Å². The zero-order valence-corrected chi connectivity index (χ0v) is 12.8. The molecule has 1 aromatic carbocycles. The van der Waals surface area contributed by atoms with Crippen molar-refractivity contribution in [2.24, 2.45) is 5.73 Å². The highest BCUT2D eigenvalue weighted by Crippen LogP contribution is 2.18. The van der Waals surface area contributed by atoms with Crippen molar-refractivity contribution in [3.05, 3.63) is 59.4 Å². The zero-order valence-electron chi connectivity index (χ0n) is 12.8. The molecule has 20 heavy (non-hydrogen) atoms. The lowest BCUT2D eigenvalue weighted by Crippen LogP contribution is -2.08. The average molecular weight is 270 g/mol. The smallest absolute Gasteiger partial charge is 0.0470 e. The topological polar surface area (TPSA) is 30.9 Å². The molecule has 0 aliphatic rings. The maximum atomic E-state index is 6.15. The molecule has 2 rings (SSSR count). The summed E-state index contributed by atoms with van der Waals surface area (Å²) >= 11 is 0. The summed E-state index contributed by atoms with van der Waals surface area (Å²) in [6, 6.07) is 11.2. The van der Waals surface area contributed by atoms with Crippen LogP contribution in [-0.4, -0.2) is 4.57 Å². The molecular weight excluding hydrogens is 244 g/mol. The van der Waals surface area contributed by atoms with Crippen LogP contribution in [0.2, 0.25) is 0 Å². The van der Waals surface area contributed by atoms with E-state index in [-0.39, 0.29) is 6.04 Å². The van der Waals surface area contributed by atoms with Gasteiger partial charge < -0.3 is 10.3 Å². The average Bonchev–Trinajstić information content (AvgIpc) is 2.88. The third kappa shape index (κ3) is 3.73. The molecule has 0 spiro atoms. The normalized spacial score (nSPS) is 12.8. The second-order valence-electron chi connectivity index (χ2n) is 5.91. The van der Waals surface area contributed by atoms with E-state index >= 15 is 0 Å². The van der Waals surface area contributed by atoms with Crippen molar-refractivity contribution < 1.29 is 0 Å². The Morgan fingerprint density at radius 1 is 1.05 bits per heavy atom. The quantitative estimate of drug-likeness (QED) is 0.825. The Hall–Kier alpha value is -1.54. The monoisotopic (exact) mass is 270 g/mol. The molecule has 0 aliphatic heterocycles. The highest BCUT2D eigenvalue weighted by molar-refractivity contribution is 5.25. The van der Waals surface area contributed by atoms with Crippen LogP contribution < -0.4 is 5.73 Å². The fraction of sp³-hybridized carbons (Fsp3) is 0.444. The van der Waals surface area contributed by atoms with Crippen molar-refractivity contribution >= 4 is 0 Å². The lowest BCUT2D eigenvalue weighted by molar-refractivity contribution is 0.636. The molecule has 0 fully saturated rings. The van der Waals surface area contributed by atoms with Crippen molar-refractivity contribution in [1.29, 1.82) is 0 Å². The predicted molar refractivity (Wildman–Crippen MR) is 85.9 cm³/mol. The van der Waals surface area contributed by atoms with Crippen molar-refractivity contribution in [1.82, 2.24) is 4.57 Å². The van der Waals surface area contributed by atoms with Gasteiger partial charge >= 0.3 is 0 Å². The molecule has 0 amide bonds. The second kappa shape index (κ2) is 6.76. The number of nitrogens with two attached hydrogens (primary N) is 1. The fourth-order valence-corrected chi connectivity index (χ4v) is 2.47. The van der Waals surface area contributed by atoms with Gasteiger partial charge in [0.2, 0.25) is 0 Å². The summed E-state index contributed by atoms with van der Waals surface area (Å²) in [5, 5.41) is 0. The van der Waals surface area contributed by atoms with Gasteiger partial charge in [0, 0.05) is 25.0 Å². The van der Waals surface area contributed by atoms with Gasteiger partial charge in [0.15, 0.2) is 0 Å².